The van der Waals surface area contributed by atoms with Crippen LogP contribution in [0.25, 0.3) is 22.4 Å². The summed E-state index contributed by atoms with van der Waals surface area (Å²) in [6.45, 7) is 15.3. The lowest BCUT2D eigenvalue weighted by Crippen LogP contribution is -2.46. The molecular formula is C42H49FN2O6. The molecule has 1 aromatic heterocycles. The number of hydrogen-bond acceptors (Lipinski definition) is 6. The fraction of sp³-hybridized carbons (Fsp3) is 0.405. The van der Waals surface area contributed by atoms with Gasteiger partial charge in [0.25, 0.3) is 5.91 Å². The van der Waals surface area contributed by atoms with Crippen molar-refractivity contribution in [1.82, 2.24) is 4.57 Å². The standard InChI is InChI=1S/C42H49FN2O6/c1-26(2)38-37(40(48)44-32-20-16-28(17-21-32)27(3)46)36(29-12-10-9-11-13-29)39(30-14-18-31(43)19-15-30)45(38)23-22-33-24-34(50-42(7,8)49-33)25-35(47)51-41(4,5)6/h9-21,26,33-34H,22-25H2,1-8H3,(H,44,48)/t33-,34-/m1/s1. The van der Waals surface area contributed by atoms with Gasteiger partial charge in [0.2, 0.25) is 0 Å². The minimum Gasteiger partial charge on any atom is -0.460 e. The molecule has 1 saturated heterocycles. The van der Waals surface area contributed by atoms with Crippen LogP contribution in [-0.4, -0.2) is 45.8 Å². The Labute approximate surface area is 300 Å². The largest absolute Gasteiger partial charge is 0.460 e. The van der Waals surface area contributed by atoms with Gasteiger partial charge in [0.15, 0.2) is 11.6 Å². The molecule has 2 heterocycles. The number of rotatable bonds is 11. The first-order chi connectivity index (χ1) is 24.0. The minimum atomic E-state index is -0.925. The van der Waals surface area contributed by atoms with Crippen molar-refractivity contribution in [3.8, 4) is 22.4 Å². The lowest BCUT2D eigenvalue weighted by molar-refractivity contribution is -0.301. The predicted octanol–water partition coefficient (Wildman–Crippen LogP) is 9.57. The van der Waals surface area contributed by atoms with Crippen LogP contribution >= 0.6 is 0 Å². The lowest BCUT2D eigenvalue weighted by atomic mass is 9.94. The Hall–Kier alpha value is -4.60. The van der Waals surface area contributed by atoms with Gasteiger partial charge in [-0.1, -0.05) is 44.2 Å². The number of benzene rings is 3. The van der Waals surface area contributed by atoms with Crippen LogP contribution in [0.4, 0.5) is 10.1 Å². The van der Waals surface area contributed by atoms with Gasteiger partial charge in [-0.2, -0.15) is 0 Å². The molecule has 0 unspecified atom stereocenters. The molecule has 0 saturated carbocycles. The Bertz CT molecular complexity index is 1850. The Balaban J connectivity index is 1.59. The molecule has 5 rings (SSSR count). The van der Waals surface area contributed by atoms with E-state index in [9.17, 15) is 18.8 Å². The molecule has 0 aliphatic carbocycles. The zero-order valence-electron chi connectivity index (χ0n) is 30.8. The van der Waals surface area contributed by atoms with Gasteiger partial charge in [0.1, 0.15) is 11.4 Å². The highest BCUT2D eigenvalue weighted by atomic mass is 19.1. The van der Waals surface area contributed by atoms with Crippen LogP contribution in [0, 0.1) is 5.82 Å². The zero-order chi connectivity index (χ0) is 37.1. The van der Waals surface area contributed by atoms with E-state index in [1.54, 1.807) is 36.4 Å². The monoisotopic (exact) mass is 696 g/mol. The fourth-order valence-corrected chi connectivity index (χ4v) is 6.84. The number of hydrogen-bond donors (Lipinski definition) is 1. The van der Waals surface area contributed by atoms with Gasteiger partial charge in [-0.3, -0.25) is 14.4 Å². The first-order valence-corrected chi connectivity index (χ1v) is 17.6. The highest BCUT2D eigenvalue weighted by molar-refractivity contribution is 6.12. The molecule has 1 amide bonds. The minimum absolute atomic E-state index is 0.0598. The van der Waals surface area contributed by atoms with Crippen molar-refractivity contribution in [2.24, 2.45) is 0 Å². The highest BCUT2D eigenvalue weighted by Gasteiger charge is 2.38. The van der Waals surface area contributed by atoms with Crippen LogP contribution in [0.1, 0.15) is 107 Å². The van der Waals surface area contributed by atoms with Crippen molar-refractivity contribution >= 4 is 23.3 Å². The molecule has 9 heteroatoms. The fourth-order valence-electron chi connectivity index (χ4n) is 6.84. The van der Waals surface area contributed by atoms with Crippen LogP contribution in [0.15, 0.2) is 78.9 Å². The van der Waals surface area contributed by atoms with E-state index in [2.05, 4.69) is 23.7 Å². The highest BCUT2D eigenvalue weighted by Crippen LogP contribution is 2.43. The quantitative estimate of drug-likeness (QED) is 0.124. The Morgan fingerprint density at radius 2 is 1.55 bits per heavy atom. The molecule has 1 aliphatic heterocycles. The average Bonchev–Trinajstić information content (AvgIpc) is 3.39. The summed E-state index contributed by atoms with van der Waals surface area (Å²) in [7, 11) is 0. The summed E-state index contributed by atoms with van der Waals surface area (Å²) >= 11 is 0. The Morgan fingerprint density at radius 3 is 2.14 bits per heavy atom. The van der Waals surface area contributed by atoms with E-state index in [1.165, 1.54) is 19.1 Å². The van der Waals surface area contributed by atoms with Crippen LogP contribution in [-0.2, 0) is 25.5 Å². The second-order valence-corrected chi connectivity index (χ2v) is 14.9. The second-order valence-electron chi connectivity index (χ2n) is 14.9. The van der Waals surface area contributed by atoms with Gasteiger partial charge in [-0.05, 0) is 114 Å². The molecule has 1 fully saturated rings. The number of esters is 1. The number of carbonyl (C=O) groups is 3. The van der Waals surface area contributed by atoms with Crippen molar-refractivity contribution < 1.29 is 33.0 Å². The summed E-state index contributed by atoms with van der Waals surface area (Å²) in [5.41, 5.74) is 4.98. The summed E-state index contributed by atoms with van der Waals surface area (Å²) in [6.07, 6.45) is 0.499. The topological polar surface area (TPSA) is 95.9 Å². The molecule has 1 aliphatic rings. The van der Waals surface area contributed by atoms with Crippen molar-refractivity contribution in [1.29, 1.82) is 0 Å². The van der Waals surface area contributed by atoms with Gasteiger partial charge >= 0.3 is 5.97 Å². The van der Waals surface area contributed by atoms with Crippen LogP contribution in [0.5, 0.6) is 0 Å². The molecule has 8 nitrogen and oxygen atoms in total. The summed E-state index contributed by atoms with van der Waals surface area (Å²) in [6, 6.07) is 22.9. The van der Waals surface area contributed by atoms with E-state index >= 15 is 0 Å². The molecule has 51 heavy (non-hydrogen) atoms. The third kappa shape index (κ3) is 9.40. The maximum atomic E-state index is 14.5. The summed E-state index contributed by atoms with van der Waals surface area (Å²) in [5, 5.41) is 3.08. The lowest BCUT2D eigenvalue weighted by Gasteiger charge is -2.41. The number of Topliss-reactive ketones (excluding diaryl/α,β-unsaturated/α-hetero) is 1. The van der Waals surface area contributed by atoms with Crippen molar-refractivity contribution in [2.75, 3.05) is 5.32 Å². The van der Waals surface area contributed by atoms with Crippen LogP contribution < -0.4 is 5.32 Å². The summed E-state index contributed by atoms with van der Waals surface area (Å²) in [4.78, 5) is 39.2. The van der Waals surface area contributed by atoms with E-state index < -0.39 is 17.5 Å². The number of ketones is 1. The number of aromatic nitrogens is 1. The molecule has 1 N–H and O–H groups in total. The van der Waals surface area contributed by atoms with Gasteiger partial charge in [-0.15, -0.1) is 0 Å². The predicted molar refractivity (Wildman–Crippen MR) is 197 cm³/mol. The first-order valence-electron chi connectivity index (χ1n) is 17.6. The second kappa shape index (κ2) is 15.3. The summed E-state index contributed by atoms with van der Waals surface area (Å²) < 4.78 is 34.6. The third-order valence-electron chi connectivity index (χ3n) is 8.72. The zero-order valence-corrected chi connectivity index (χ0v) is 30.8. The van der Waals surface area contributed by atoms with Gasteiger partial charge < -0.3 is 24.1 Å². The van der Waals surface area contributed by atoms with E-state index in [4.69, 9.17) is 14.2 Å². The van der Waals surface area contributed by atoms with Gasteiger partial charge in [0.05, 0.1) is 29.9 Å². The molecule has 0 radical (unpaired) electrons. The van der Waals surface area contributed by atoms with Gasteiger partial charge in [0, 0.05) is 35.5 Å². The van der Waals surface area contributed by atoms with Crippen molar-refractivity contribution in [2.45, 2.75) is 111 Å². The SMILES string of the molecule is CC(=O)c1ccc(NC(=O)c2c(-c3ccccc3)c(-c3ccc(F)cc3)n(CC[C@@H]3C[C@H](CC(=O)OC(C)(C)C)OC(C)(C)O3)c2C(C)C)cc1. The van der Waals surface area contributed by atoms with Crippen LogP contribution in [0.2, 0.25) is 0 Å². The maximum Gasteiger partial charge on any atom is 0.308 e. The Morgan fingerprint density at radius 1 is 0.922 bits per heavy atom. The van der Waals surface area contributed by atoms with Crippen LogP contribution in [0.3, 0.4) is 0 Å². The number of halogens is 1. The van der Waals surface area contributed by atoms with Crippen molar-refractivity contribution in [3.63, 3.8) is 0 Å². The average molecular weight is 697 g/mol. The van der Waals surface area contributed by atoms with E-state index in [-0.39, 0.29) is 41.9 Å². The third-order valence-corrected chi connectivity index (χ3v) is 8.72. The number of carbonyl (C=O) groups excluding carboxylic acids is 3. The summed E-state index contributed by atoms with van der Waals surface area (Å²) in [5.74, 6) is -2.05. The smallest absolute Gasteiger partial charge is 0.308 e. The number of amides is 1. The molecule has 0 bridgehead atoms. The van der Waals surface area contributed by atoms with E-state index in [0.717, 1.165) is 28.1 Å². The molecular weight excluding hydrogens is 647 g/mol. The normalized spacial score (nSPS) is 17.3. The van der Waals surface area contributed by atoms with E-state index in [0.29, 0.717) is 36.2 Å². The van der Waals surface area contributed by atoms with E-state index in [1.807, 2.05) is 65.0 Å². The molecule has 0 spiro atoms. The maximum absolute atomic E-state index is 14.5. The van der Waals surface area contributed by atoms with Gasteiger partial charge in [-0.25, -0.2) is 4.39 Å². The number of anilines is 1. The molecule has 4 aromatic rings. The molecule has 2 atom stereocenters. The van der Waals surface area contributed by atoms with Crippen molar-refractivity contribution in [3.05, 3.63) is 102 Å². The molecule has 3 aromatic carbocycles. The molecule has 270 valence electrons. The number of nitrogens with one attached hydrogen (secondary N) is 1. The first kappa shape index (κ1) is 37.7. The number of ether oxygens (including phenoxy) is 3. The Kier molecular flexibility index (Phi) is 11.3. The number of nitrogens with zero attached hydrogens (tertiary/aromatic N) is 1.